The average Bonchev–Trinajstić information content (AvgIpc) is 4.45. The van der Waals surface area contributed by atoms with Crippen molar-refractivity contribution < 1.29 is 42.2 Å². The van der Waals surface area contributed by atoms with E-state index in [2.05, 4.69) is 60.3 Å². The Balaban J connectivity index is 0.000000982. The number of carbonyl (C=O) groups excluding carboxylic acids is 4. The Morgan fingerprint density at radius 2 is 1.06 bits per heavy atom. The van der Waals surface area contributed by atoms with Gasteiger partial charge in [-0.15, -0.1) is 57.2 Å². The molecule has 1 unspecified atom stereocenters. The number of halogens is 3. The molecule has 1 amide bonds. The van der Waals surface area contributed by atoms with Crippen LogP contribution in [-0.2, 0) is 95.7 Å². The standard InChI is InChI=1S/C13H19NO2S.C11H16ClNS.C11H17NOS.C7H13NO.C7H13NS.C6H9ClO3.CH3ClO2S.CH4.P2S5/c1-3-16-13(15)11-9(2)14-12(17-11)10-7-5-4-6-8-10;1-8-10(7-12)14-11(13-8)9-5-3-2-4-6-9;1-8-10(7-13)14-11(12-8)9-5-3-2-4-6-9;2*8-7(9)6-4-2-1-3-5-6;1-3-10-6(9)5(7)4(2)8;1-5(2,3)4;;3-1-2-5-7-6-4/h10H,3-8H2,1-2H3;9H,2-7H2,1H3;9,13H,2-7H2,1H3;2*6H,1-5H2,(H2,8,9);5H,3H2,1-2H3;1H3;1H4;. The number of carbonyl (C=O) groups is 4. The molecular formula is C57H94Cl3N5O9P2S10. The molecule has 3 aromatic rings. The van der Waals surface area contributed by atoms with E-state index in [4.69, 9.17) is 56.7 Å². The van der Waals surface area contributed by atoms with Gasteiger partial charge < -0.3 is 26.0 Å². The molecule has 5 aliphatic rings. The second-order valence-electron chi connectivity index (χ2n) is 20.9. The second kappa shape index (κ2) is 50.8. The van der Waals surface area contributed by atoms with E-state index in [1.54, 1.807) is 36.6 Å². The summed E-state index contributed by atoms with van der Waals surface area (Å²) in [4.78, 5) is 60.8. The number of aromatic nitrogens is 3. The van der Waals surface area contributed by atoms with E-state index in [1.165, 1.54) is 197 Å². The maximum Gasteiger partial charge on any atom is 0.350 e. The molecule has 3 aromatic heterocycles. The molecule has 29 heteroatoms. The number of ketones is 1. The molecule has 0 spiro atoms. The topological polar surface area (TPSA) is 232 Å². The first kappa shape index (κ1) is 85.3. The van der Waals surface area contributed by atoms with E-state index in [0.29, 0.717) is 35.1 Å². The molecule has 14 nitrogen and oxygen atoms in total. The van der Waals surface area contributed by atoms with Gasteiger partial charge >= 0.3 is 11.9 Å². The second-order valence-corrected chi connectivity index (χ2v) is 38.1. The van der Waals surface area contributed by atoms with Crippen molar-refractivity contribution in [3.63, 3.8) is 0 Å². The van der Waals surface area contributed by atoms with Crippen LogP contribution in [0.25, 0.3) is 0 Å². The molecule has 0 aliphatic heterocycles. The van der Waals surface area contributed by atoms with Gasteiger partial charge in [0.2, 0.25) is 15.0 Å². The summed E-state index contributed by atoms with van der Waals surface area (Å²) in [5, 5.41) is 11.7. The van der Waals surface area contributed by atoms with Gasteiger partial charge in [-0.25, -0.2) is 33.0 Å². The number of alkyl halides is 2. The molecule has 5 aliphatic carbocycles. The highest BCUT2D eigenvalue weighted by atomic mass is 35.7. The summed E-state index contributed by atoms with van der Waals surface area (Å²) in [6.07, 6.45) is 32.9. The van der Waals surface area contributed by atoms with Gasteiger partial charge in [0.25, 0.3) is 0 Å². The number of ether oxygens (including phenoxy) is 2. The molecule has 492 valence electrons. The Kier molecular flexibility index (Phi) is 50.5. The SMILES string of the molecule is C.CCOC(=O)C(Cl)C(C)=O.CCOC(=O)c1sc(C2CCCCC2)nc1C.CS(=O)(=O)Cl.Cc1nc(C2CCCCC2)sc1CCl.Cc1nc(C2CCCCC2)sc1CO.NC(=O)C1CCCCC1.NC(=S)C1CCCCC1.S=PP=S=S=S=S. The van der Waals surface area contributed by atoms with Gasteiger partial charge in [0.15, 0.2) is 11.2 Å². The zero-order chi connectivity index (χ0) is 63.7. The minimum atomic E-state index is -3.19. The Hall–Kier alpha value is -0.660. The summed E-state index contributed by atoms with van der Waals surface area (Å²) < 4.78 is 28.3. The van der Waals surface area contributed by atoms with E-state index < -0.39 is 20.4 Å². The normalized spacial score (nSPS) is 16.8. The number of nitrogens with two attached hydrogens (primary N) is 2. The van der Waals surface area contributed by atoms with Gasteiger partial charge in [-0.05, 0) is 156 Å². The van der Waals surface area contributed by atoms with Crippen molar-refractivity contribution in [1.82, 2.24) is 15.0 Å². The summed E-state index contributed by atoms with van der Waals surface area (Å²) in [6, 6.07) is 0. The highest BCUT2D eigenvalue weighted by Gasteiger charge is 2.25. The number of nitrogens with zero attached hydrogens (tertiary/aromatic N) is 3. The fourth-order valence-electron chi connectivity index (χ4n) is 9.74. The number of hydrogen-bond donors (Lipinski definition) is 3. The number of esters is 2. The van der Waals surface area contributed by atoms with Crippen LogP contribution >= 0.6 is 94.2 Å². The predicted molar refractivity (Wildman–Crippen MR) is 384 cm³/mol. The van der Waals surface area contributed by atoms with E-state index in [0.717, 1.165) is 64.0 Å². The van der Waals surface area contributed by atoms with Crippen molar-refractivity contribution in [2.75, 3.05) is 19.5 Å². The lowest BCUT2D eigenvalue weighted by atomic mass is 9.89. The predicted octanol–water partition coefficient (Wildman–Crippen LogP) is 17.1. The van der Waals surface area contributed by atoms with E-state index >= 15 is 0 Å². The first-order valence-electron chi connectivity index (χ1n) is 29.1. The lowest BCUT2D eigenvalue weighted by Gasteiger charge is -2.19. The Bertz CT molecular complexity index is 2610. The molecule has 8 rings (SSSR count). The highest BCUT2D eigenvalue weighted by Crippen LogP contribution is 2.38. The molecule has 0 radical (unpaired) electrons. The number of Topliss-reactive ketones (excluding diaryl/α,β-unsaturated/α-hetero) is 1. The molecule has 0 saturated heterocycles. The minimum Gasteiger partial charge on any atom is -0.465 e. The van der Waals surface area contributed by atoms with E-state index in [1.807, 2.05) is 32.1 Å². The van der Waals surface area contributed by atoms with Crippen LogP contribution in [0.2, 0.25) is 0 Å². The highest BCUT2D eigenvalue weighted by molar-refractivity contribution is 8.63. The van der Waals surface area contributed by atoms with Crippen molar-refractivity contribution in [3.05, 3.63) is 46.7 Å². The van der Waals surface area contributed by atoms with Gasteiger partial charge in [-0.3, -0.25) is 9.59 Å². The lowest BCUT2D eigenvalue weighted by Crippen LogP contribution is -2.24. The fourth-order valence-corrected chi connectivity index (χ4v) is 23.3. The Morgan fingerprint density at radius 3 is 1.36 bits per heavy atom. The van der Waals surface area contributed by atoms with Gasteiger partial charge in [-0.1, -0.05) is 116 Å². The third-order valence-electron chi connectivity index (χ3n) is 14.2. The summed E-state index contributed by atoms with van der Waals surface area (Å²) in [6.45, 7) is 11.5. The number of rotatable bonds is 13. The number of aliphatic hydroxyl groups is 1. The third kappa shape index (κ3) is 38.4. The Morgan fingerprint density at radius 1 is 0.686 bits per heavy atom. The summed E-state index contributed by atoms with van der Waals surface area (Å²) in [5.41, 5.74) is 13.6. The number of aliphatic hydroxyl groups excluding tert-OH is 1. The van der Waals surface area contributed by atoms with Crippen LogP contribution in [0.4, 0.5) is 0 Å². The zero-order valence-corrected chi connectivity index (χ0v) is 62.5. The first-order valence-corrected chi connectivity index (χ1v) is 44.2. The van der Waals surface area contributed by atoms with Crippen molar-refractivity contribution in [3.8, 4) is 0 Å². The minimum absolute atomic E-state index is 0. The fraction of sp³-hybridized carbons (Fsp3) is 0.754. The molecule has 1 atom stereocenters. The summed E-state index contributed by atoms with van der Waals surface area (Å²) >= 11 is 30.4. The van der Waals surface area contributed by atoms with Gasteiger partial charge in [0, 0.05) is 59.2 Å². The molecule has 5 saturated carbocycles. The van der Waals surface area contributed by atoms with Crippen molar-refractivity contribution in [2.45, 2.75) is 245 Å². The number of amides is 1. The molecule has 5 fully saturated rings. The third-order valence-corrected chi connectivity index (χ3v) is 29.4. The molecule has 86 heavy (non-hydrogen) atoms. The maximum atomic E-state index is 11.7. The number of primary amides is 1. The van der Waals surface area contributed by atoms with Crippen LogP contribution in [0.1, 0.15) is 258 Å². The van der Waals surface area contributed by atoms with E-state index in [-0.39, 0.29) is 44.2 Å². The van der Waals surface area contributed by atoms with Gasteiger partial charge in [0.1, 0.15) is 4.88 Å². The monoisotopic (exact) mass is 1480 g/mol. The van der Waals surface area contributed by atoms with E-state index in [9.17, 15) is 27.6 Å². The van der Waals surface area contributed by atoms with Crippen LogP contribution in [0, 0.1) is 32.6 Å². The maximum absolute atomic E-state index is 11.7. The number of thiazole rings is 3. The molecule has 5 N–H and O–H groups in total. The summed E-state index contributed by atoms with van der Waals surface area (Å²) in [5.74, 6) is 1.97. The smallest absolute Gasteiger partial charge is 0.350 e. The van der Waals surface area contributed by atoms with Crippen LogP contribution in [0.15, 0.2) is 0 Å². The van der Waals surface area contributed by atoms with Crippen LogP contribution in [0.5, 0.6) is 0 Å². The quantitative estimate of drug-likeness (QED) is 0.0361. The molecule has 3 heterocycles. The van der Waals surface area contributed by atoms with Crippen molar-refractivity contribution >= 4 is 182 Å². The number of thiocarbonyl (C=S) groups is 1. The molecule has 0 aromatic carbocycles. The number of aryl methyl sites for hydroxylation is 3. The van der Waals surface area contributed by atoms with Crippen LogP contribution in [0.3, 0.4) is 0 Å². The largest absolute Gasteiger partial charge is 0.465 e. The molecular weight excluding hydrogens is 1390 g/mol. The van der Waals surface area contributed by atoms with Gasteiger partial charge in [0.05, 0.1) is 73.9 Å². The first-order chi connectivity index (χ1) is 40.5. The zero-order valence-electron chi connectivity index (χ0n) is 50.3. The van der Waals surface area contributed by atoms with Gasteiger partial charge in [-0.2, -0.15) is 0 Å². The Labute approximate surface area is 568 Å². The summed E-state index contributed by atoms with van der Waals surface area (Å²) in [7, 11) is 8.13. The van der Waals surface area contributed by atoms with Crippen LogP contribution < -0.4 is 11.5 Å². The van der Waals surface area contributed by atoms with Crippen LogP contribution in [-0.4, -0.2) is 81.9 Å². The van der Waals surface area contributed by atoms with Crippen molar-refractivity contribution in [1.29, 1.82) is 0 Å². The average molecular weight is 1480 g/mol. The number of hydrogen-bond acceptors (Lipinski definition) is 18. The van der Waals surface area contributed by atoms with Crippen molar-refractivity contribution in [2.24, 2.45) is 23.3 Å². The molecule has 0 bridgehead atoms. The lowest BCUT2D eigenvalue weighted by molar-refractivity contribution is -0.144.